The minimum atomic E-state index is 0.192. The van der Waals surface area contributed by atoms with Crippen molar-refractivity contribution in [2.75, 3.05) is 0 Å². The standard InChI is InChI=1S/C14H20ClN/c1-10-9-12(15)7-8-13(10)14(16)11-5-3-2-4-6-11/h7-9,11,14H,2-6,16H2,1H3/t14-/m1/s1. The molecule has 1 saturated carbocycles. The first kappa shape index (κ1) is 11.9. The molecule has 0 radical (unpaired) electrons. The largest absolute Gasteiger partial charge is 0.324 e. The van der Waals surface area contributed by atoms with Crippen molar-refractivity contribution in [3.05, 3.63) is 34.3 Å². The van der Waals surface area contributed by atoms with Gasteiger partial charge < -0.3 is 5.73 Å². The molecule has 0 aliphatic heterocycles. The van der Waals surface area contributed by atoms with E-state index in [1.54, 1.807) is 0 Å². The third-order valence-corrected chi connectivity index (χ3v) is 3.98. The van der Waals surface area contributed by atoms with Crippen LogP contribution >= 0.6 is 11.6 Å². The fourth-order valence-corrected chi connectivity index (χ4v) is 2.99. The van der Waals surface area contributed by atoms with E-state index >= 15 is 0 Å². The Labute approximate surface area is 103 Å². The van der Waals surface area contributed by atoms with E-state index in [0.29, 0.717) is 5.92 Å². The molecule has 88 valence electrons. The van der Waals surface area contributed by atoms with Crippen molar-refractivity contribution < 1.29 is 0 Å². The highest BCUT2D eigenvalue weighted by Crippen LogP contribution is 2.34. The van der Waals surface area contributed by atoms with Crippen LogP contribution in [0.2, 0.25) is 5.02 Å². The van der Waals surface area contributed by atoms with Gasteiger partial charge in [0.25, 0.3) is 0 Å². The van der Waals surface area contributed by atoms with Gasteiger partial charge in [-0.15, -0.1) is 0 Å². The number of nitrogens with two attached hydrogens (primary N) is 1. The van der Waals surface area contributed by atoms with E-state index in [1.165, 1.54) is 43.2 Å². The maximum absolute atomic E-state index is 6.38. The molecular weight excluding hydrogens is 218 g/mol. The zero-order chi connectivity index (χ0) is 11.5. The Morgan fingerprint density at radius 1 is 1.25 bits per heavy atom. The molecule has 1 atom stereocenters. The van der Waals surface area contributed by atoms with E-state index in [2.05, 4.69) is 13.0 Å². The lowest BCUT2D eigenvalue weighted by Crippen LogP contribution is -2.24. The lowest BCUT2D eigenvalue weighted by Gasteiger charge is -2.28. The maximum Gasteiger partial charge on any atom is 0.0408 e. The second-order valence-corrected chi connectivity index (χ2v) is 5.36. The highest BCUT2D eigenvalue weighted by Gasteiger charge is 2.22. The Hall–Kier alpha value is -0.530. The fourth-order valence-electron chi connectivity index (χ4n) is 2.76. The van der Waals surface area contributed by atoms with Crippen molar-refractivity contribution >= 4 is 11.6 Å². The van der Waals surface area contributed by atoms with E-state index in [9.17, 15) is 0 Å². The van der Waals surface area contributed by atoms with Crippen LogP contribution in [0, 0.1) is 12.8 Å². The molecule has 1 aromatic carbocycles. The van der Waals surface area contributed by atoms with Crippen LogP contribution in [0.3, 0.4) is 0 Å². The summed E-state index contributed by atoms with van der Waals surface area (Å²) in [5.41, 5.74) is 8.88. The average molecular weight is 238 g/mol. The normalized spacial score (nSPS) is 19.7. The fraction of sp³-hybridized carbons (Fsp3) is 0.571. The first-order chi connectivity index (χ1) is 7.68. The van der Waals surface area contributed by atoms with Gasteiger partial charge in [-0.25, -0.2) is 0 Å². The Morgan fingerprint density at radius 3 is 2.56 bits per heavy atom. The molecule has 1 aliphatic rings. The Balaban J connectivity index is 2.15. The third kappa shape index (κ3) is 2.58. The van der Waals surface area contributed by atoms with Gasteiger partial charge in [-0.2, -0.15) is 0 Å². The number of halogens is 1. The van der Waals surface area contributed by atoms with Gasteiger partial charge in [0.15, 0.2) is 0 Å². The summed E-state index contributed by atoms with van der Waals surface area (Å²) in [7, 11) is 0. The highest BCUT2D eigenvalue weighted by atomic mass is 35.5. The van der Waals surface area contributed by atoms with Crippen molar-refractivity contribution in [1.82, 2.24) is 0 Å². The topological polar surface area (TPSA) is 26.0 Å². The first-order valence-electron chi connectivity index (χ1n) is 6.20. The van der Waals surface area contributed by atoms with Crippen molar-refractivity contribution in [3.63, 3.8) is 0 Å². The smallest absolute Gasteiger partial charge is 0.0408 e. The van der Waals surface area contributed by atoms with Crippen molar-refractivity contribution in [1.29, 1.82) is 0 Å². The van der Waals surface area contributed by atoms with Crippen molar-refractivity contribution in [2.45, 2.75) is 45.1 Å². The van der Waals surface area contributed by atoms with Crippen molar-refractivity contribution in [3.8, 4) is 0 Å². The number of benzene rings is 1. The lowest BCUT2D eigenvalue weighted by molar-refractivity contribution is 0.307. The number of hydrogen-bond donors (Lipinski definition) is 1. The third-order valence-electron chi connectivity index (χ3n) is 3.75. The average Bonchev–Trinajstić information content (AvgIpc) is 2.29. The minimum absolute atomic E-state index is 0.192. The zero-order valence-corrected chi connectivity index (χ0v) is 10.6. The van der Waals surface area contributed by atoms with Crippen LogP contribution in [0.1, 0.15) is 49.3 Å². The molecular formula is C14H20ClN. The Morgan fingerprint density at radius 2 is 1.94 bits per heavy atom. The van der Waals surface area contributed by atoms with Gasteiger partial charge in [-0.1, -0.05) is 36.9 Å². The molecule has 16 heavy (non-hydrogen) atoms. The molecule has 0 spiro atoms. The second kappa shape index (κ2) is 5.20. The number of hydrogen-bond acceptors (Lipinski definition) is 1. The molecule has 0 bridgehead atoms. The number of aryl methyl sites for hydroxylation is 1. The van der Waals surface area contributed by atoms with Gasteiger partial charge in [0.1, 0.15) is 0 Å². The summed E-state index contributed by atoms with van der Waals surface area (Å²) >= 11 is 5.97. The zero-order valence-electron chi connectivity index (χ0n) is 9.88. The molecule has 1 aromatic rings. The van der Waals surface area contributed by atoms with Gasteiger partial charge in [0.2, 0.25) is 0 Å². The van der Waals surface area contributed by atoms with Crippen LogP contribution in [0.25, 0.3) is 0 Å². The summed E-state index contributed by atoms with van der Waals surface area (Å²) in [6.07, 6.45) is 6.62. The summed E-state index contributed by atoms with van der Waals surface area (Å²) in [4.78, 5) is 0. The lowest BCUT2D eigenvalue weighted by atomic mass is 9.80. The van der Waals surface area contributed by atoms with Crippen LogP contribution in [-0.2, 0) is 0 Å². The van der Waals surface area contributed by atoms with Crippen molar-refractivity contribution in [2.24, 2.45) is 11.7 Å². The van der Waals surface area contributed by atoms with Gasteiger partial charge >= 0.3 is 0 Å². The van der Waals surface area contributed by atoms with Gasteiger partial charge in [-0.05, 0) is 48.9 Å². The van der Waals surface area contributed by atoms with Gasteiger partial charge in [0.05, 0.1) is 0 Å². The number of rotatable bonds is 2. The molecule has 0 amide bonds. The predicted molar refractivity (Wildman–Crippen MR) is 69.7 cm³/mol. The van der Waals surface area contributed by atoms with E-state index in [1.807, 2.05) is 12.1 Å². The summed E-state index contributed by atoms with van der Waals surface area (Å²) in [5, 5.41) is 0.803. The van der Waals surface area contributed by atoms with Gasteiger partial charge in [0, 0.05) is 11.1 Å². The van der Waals surface area contributed by atoms with E-state index in [4.69, 9.17) is 17.3 Å². The highest BCUT2D eigenvalue weighted by molar-refractivity contribution is 6.30. The molecule has 0 aromatic heterocycles. The predicted octanol–water partition coefficient (Wildman–Crippen LogP) is 4.23. The summed E-state index contributed by atoms with van der Waals surface area (Å²) in [6, 6.07) is 6.25. The molecule has 1 fully saturated rings. The monoisotopic (exact) mass is 237 g/mol. The summed E-state index contributed by atoms with van der Waals surface area (Å²) < 4.78 is 0. The molecule has 2 heteroatoms. The summed E-state index contributed by atoms with van der Waals surface area (Å²) in [6.45, 7) is 2.10. The quantitative estimate of drug-likeness (QED) is 0.819. The van der Waals surface area contributed by atoms with Crippen LogP contribution < -0.4 is 5.73 Å². The first-order valence-corrected chi connectivity index (χ1v) is 6.58. The Bertz CT molecular complexity index is 356. The molecule has 0 saturated heterocycles. The SMILES string of the molecule is Cc1cc(Cl)ccc1[C@H](N)C1CCCCC1. The van der Waals surface area contributed by atoms with E-state index in [-0.39, 0.29) is 6.04 Å². The second-order valence-electron chi connectivity index (χ2n) is 4.92. The van der Waals surface area contributed by atoms with Crippen LogP contribution in [0.4, 0.5) is 0 Å². The van der Waals surface area contributed by atoms with E-state index in [0.717, 1.165) is 5.02 Å². The van der Waals surface area contributed by atoms with E-state index < -0.39 is 0 Å². The minimum Gasteiger partial charge on any atom is -0.324 e. The van der Waals surface area contributed by atoms with Crippen LogP contribution in [0.5, 0.6) is 0 Å². The molecule has 1 aliphatic carbocycles. The molecule has 2 rings (SSSR count). The summed E-state index contributed by atoms with van der Waals surface area (Å²) in [5.74, 6) is 0.661. The molecule has 0 unspecified atom stereocenters. The molecule has 0 heterocycles. The Kier molecular flexibility index (Phi) is 3.88. The molecule has 1 nitrogen and oxygen atoms in total. The molecule has 2 N–H and O–H groups in total. The maximum atomic E-state index is 6.38. The van der Waals surface area contributed by atoms with Gasteiger partial charge in [-0.3, -0.25) is 0 Å². The van der Waals surface area contributed by atoms with Crippen LogP contribution in [-0.4, -0.2) is 0 Å². The van der Waals surface area contributed by atoms with Crippen LogP contribution in [0.15, 0.2) is 18.2 Å².